The number of H-pyrrole nitrogens is 1. The fraction of sp³-hybridized carbons (Fsp3) is 0.111. The lowest BCUT2D eigenvalue weighted by atomic mass is 10.1. The Balaban J connectivity index is 1.54. The van der Waals surface area contributed by atoms with E-state index in [2.05, 4.69) is 15.1 Å². The molecule has 0 fully saturated rings. The Kier molecular flexibility index (Phi) is 4.61. The van der Waals surface area contributed by atoms with Crippen LogP contribution in [-0.2, 0) is 11.9 Å². The van der Waals surface area contributed by atoms with Crippen molar-refractivity contribution in [3.05, 3.63) is 71.0 Å². The van der Waals surface area contributed by atoms with Crippen LogP contribution in [0, 0.1) is 0 Å². The molecule has 1 N–H and O–H groups in total. The summed E-state index contributed by atoms with van der Waals surface area (Å²) in [7, 11) is 0. The van der Waals surface area contributed by atoms with E-state index in [4.69, 9.17) is 11.6 Å². The van der Waals surface area contributed by atoms with Gasteiger partial charge in [-0.25, -0.2) is 9.67 Å². The summed E-state index contributed by atoms with van der Waals surface area (Å²) < 4.78 is 39.5. The van der Waals surface area contributed by atoms with Gasteiger partial charge in [0.2, 0.25) is 5.95 Å². The van der Waals surface area contributed by atoms with Crippen molar-refractivity contribution in [1.82, 2.24) is 19.7 Å². The maximum Gasteiger partial charge on any atom is 0.416 e. The summed E-state index contributed by atoms with van der Waals surface area (Å²) in [6.07, 6.45) is -0.892. The number of thioether (sulfide) groups is 1. The van der Waals surface area contributed by atoms with E-state index in [1.54, 1.807) is 29.2 Å². The highest BCUT2D eigenvalue weighted by atomic mass is 35.5. The zero-order valence-corrected chi connectivity index (χ0v) is 15.2. The summed E-state index contributed by atoms with van der Waals surface area (Å²) >= 11 is 7.79. The van der Waals surface area contributed by atoms with Crippen LogP contribution in [0.25, 0.3) is 17.0 Å². The first-order valence-electron chi connectivity index (χ1n) is 7.88. The van der Waals surface area contributed by atoms with Gasteiger partial charge in [0, 0.05) is 23.0 Å². The van der Waals surface area contributed by atoms with Gasteiger partial charge in [-0.1, -0.05) is 23.7 Å². The molecule has 0 unspecified atom stereocenters. The van der Waals surface area contributed by atoms with Gasteiger partial charge in [-0.3, -0.25) is 0 Å². The highest BCUT2D eigenvalue weighted by Gasteiger charge is 2.29. The predicted octanol–water partition coefficient (Wildman–Crippen LogP) is 5.71. The first kappa shape index (κ1) is 17.9. The van der Waals surface area contributed by atoms with Gasteiger partial charge in [0.05, 0.1) is 21.6 Å². The third kappa shape index (κ3) is 3.81. The minimum Gasteiger partial charge on any atom is -0.322 e. The van der Waals surface area contributed by atoms with Gasteiger partial charge in [-0.2, -0.15) is 18.3 Å². The molecular weight excluding hydrogens is 397 g/mol. The molecule has 4 aromatic rings. The summed E-state index contributed by atoms with van der Waals surface area (Å²) in [4.78, 5) is 8.46. The SMILES string of the molecule is FC(F)(F)c1ccc(CSc2cc3nc(-n4cccn4)[nH]c3cc2Cl)cc1. The molecule has 0 spiro atoms. The van der Waals surface area contributed by atoms with E-state index in [-0.39, 0.29) is 0 Å². The molecule has 9 heteroatoms. The lowest BCUT2D eigenvalue weighted by Gasteiger charge is -2.08. The third-order valence-electron chi connectivity index (χ3n) is 3.92. The second-order valence-corrected chi connectivity index (χ2v) is 7.22. The summed E-state index contributed by atoms with van der Waals surface area (Å²) in [5, 5.41) is 4.68. The first-order chi connectivity index (χ1) is 12.9. The van der Waals surface area contributed by atoms with Crippen molar-refractivity contribution in [1.29, 1.82) is 0 Å². The molecule has 0 saturated heterocycles. The van der Waals surface area contributed by atoms with Crippen molar-refractivity contribution in [2.75, 3.05) is 0 Å². The summed E-state index contributed by atoms with van der Waals surface area (Å²) in [6.45, 7) is 0. The van der Waals surface area contributed by atoms with Crippen LogP contribution in [0.1, 0.15) is 11.1 Å². The van der Waals surface area contributed by atoms with Crippen molar-refractivity contribution >= 4 is 34.4 Å². The van der Waals surface area contributed by atoms with Gasteiger partial charge in [0.25, 0.3) is 0 Å². The zero-order valence-electron chi connectivity index (χ0n) is 13.7. The van der Waals surface area contributed by atoms with Gasteiger partial charge >= 0.3 is 6.18 Å². The Bertz CT molecular complexity index is 1070. The molecule has 2 heterocycles. The number of fused-ring (bicyclic) bond motifs is 1. The molecule has 27 heavy (non-hydrogen) atoms. The number of alkyl halides is 3. The summed E-state index contributed by atoms with van der Waals surface area (Å²) in [6, 6.07) is 10.6. The van der Waals surface area contributed by atoms with Crippen LogP contribution in [0.2, 0.25) is 5.02 Å². The van der Waals surface area contributed by atoms with Gasteiger partial charge in [0.15, 0.2) is 0 Å². The monoisotopic (exact) mass is 408 g/mol. The van der Waals surface area contributed by atoms with Crippen molar-refractivity contribution in [2.45, 2.75) is 16.8 Å². The van der Waals surface area contributed by atoms with E-state index < -0.39 is 11.7 Å². The number of aromatic amines is 1. The number of hydrogen-bond donors (Lipinski definition) is 1. The van der Waals surface area contributed by atoms with Crippen molar-refractivity contribution in [2.24, 2.45) is 0 Å². The molecule has 0 aliphatic rings. The second kappa shape index (κ2) is 6.94. The summed E-state index contributed by atoms with van der Waals surface area (Å²) in [5.74, 6) is 1.08. The Hall–Kier alpha value is -2.45. The van der Waals surface area contributed by atoms with E-state index in [1.165, 1.54) is 23.9 Å². The average molecular weight is 409 g/mol. The molecular formula is C18H12ClF3N4S. The minimum absolute atomic E-state index is 0.500. The number of rotatable bonds is 4. The Labute approximate surface area is 161 Å². The van der Waals surface area contributed by atoms with Crippen molar-refractivity contribution in [3.63, 3.8) is 0 Å². The number of nitrogens with zero attached hydrogens (tertiary/aromatic N) is 3. The molecule has 0 bridgehead atoms. The molecule has 2 aromatic carbocycles. The first-order valence-corrected chi connectivity index (χ1v) is 9.25. The molecule has 0 radical (unpaired) electrons. The van der Waals surface area contributed by atoms with Gasteiger partial charge in [-0.05, 0) is 35.9 Å². The van der Waals surface area contributed by atoms with E-state index in [1.807, 2.05) is 6.07 Å². The molecule has 2 aromatic heterocycles. The van der Waals surface area contributed by atoms with Crippen LogP contribution in [0.5, 0.6) is 0 Å². The van der Waals surface area contributed by atoms with Gasteiger partial charge in [-0.15, -0.1) is 11.8 Å². The number of benzene rings is 2. The predicted molar refractivity (Wildman–Crippen MR) is 99.2 cm³/mol. The lowest BCUT2D eigenvalue weighted by Crippen LogP contribution is -2.04. The van der Waals surface area contributed by atoms with Crippen molar-refractivity contribution < 1.29 is 13.2 Å². The third-order valence-corrected chi connectivity index (χ3v) is 5.47. The molecule has 4 nitrogen and oxygen atoms in total. The topological polar surface area (TPSA) is 46.5 Å². The number of nitrogens with one attached hydrogen (secondary N) is 1. The zero-order chi connectivity index (χ0) is 19.0. The maximum absolute atomic E-state index is 12.6. The fourth-order valence-corrected chi connectivity index (χ4v) is 3.80. The normalized spacial score (nSPS) is 12.0. The summed E-state index contributed by atoms with van der Waals surface area (Å²) in [5.41, 5.74) is 1.64. The quantitative estimate of drug-likeness (QED) is 0.440. The van der Waals surface area contributed by atoms with E-state index >= 15 is 0 Å². The minimum atomic E-state index is -4.33. The van der Waals surface area contributed by atoms with Crippen LogP contribution in [0.3, 0.4) is 0 Å². The fourth-order valence-electron chi connectivity index (χ4n) is 2.56. The Morgan fingerprint density at radius 3 is 2.59 bits per heavy atom. The molecule has 0 saturated carbocycles. The Morgan fingerprint density at radius 1 is 1.15 bits per heavy atom. The molecule has 0 aliphatic heterocycles. The highest BCUT2D eigenvalue weighted by molar-refractivity contribution is 7.98. The lowest BCUT2D eigenvalue weighted by molar-refractivity contribution is -0.137. The molecule has 0 atom stereocenters. The number of imidazole rings is 1. The number of hydrogen-bond acceptors (Lipinski definition) is 3. The maximum atomic E-state index is 12.6. The molecule has 138 valence electrons. The smallest absolute Gasteiger partial charge is 0.322 e. The number of halogens is 4. The van der Waals surface area contributed by atoms with Crippen molar-refractivity contribution in [3.8, 4) is 5.95 Å². The average Bonchev–Trinajstić information content (AvgIpc) is 3.28. The molecule has 0 aliphatic carbocycles. The second-order valence-electron chi connectivity index (χ2n) is 5.79. The molecule has 4 rings (SSSR count). The van der Waals surface area contributed by atoms with E-state index in [9.17, 15) is 13.2 Å². The standard InChI is InChI=1S/C18H12ClF3N4S/c19-13-8-14-15(25-17(24-14)26-7-1-6-23-26)9-16(13)27-10-11-2-4-12(5-3-11)18(20,21)22/h1-9H,10H2,(H,24,25). The van der Waals surface area contributed by atoms with Gasteiger partial charge < -0.3 is 4.98 Å². The van der Waals surface area contributed by atoms with Crippen LogP contribution in [0.4, 0.5) is 13.2 Å². The largest absolute Gasteiger partial charge is 0.416 e. The molecule has 0 amide bonds. The van der Waals surface area contributed by atoms with E-state index in [0.717, 1.165) is 33.6 Å². The number of aromatic nitrogens is 4. The Morgan fingerprint density at radius 2 is 1.93 bits per heavy atom. The van der Waals surface area contributed by atoms with E-state index in [0.29, 0.717) is 16.7 Å². The van der Waals surface area contributed by atoms with Crippen LogP contribution < -0.4 is 0 Å². The highest BCUT2D eigenvalue weighted by Crippen LogP contribution is 2.34. The van der Waals surface area contributed by atoms with Crippen LogP contribution >= 0.6 is 23.4 Å². The van der Waals surface area contributed by atoms with Gasteiger partial charge in [0.1, 0.15) is 0 Å². The van der Waals surface area contributed by atoms with Crippen LogP contribution in [0.15, 0.2) is 59.8 Å². The van der Waals surface area contributed by atoms with Crippen LogP contribution in [-0.4, -0.2) is 19.7 Å².